The third-order valence-electron chi connectivity index (χ3n) is 5.50. The molecule has 1 saturated heterocycles. The van der Waals surface area contributed by atoms with Crippen LogP contribution in [-0.2, 0) is 6.42 Å². The molecule has 11 heteroatoms. The van der Waals surface area contributed by atoms with Gasteiger partial charge in [-0.3, -0.25) is 19.1 Å². The molecule has 1 aliphatic heterocycles. The van der Waals surface area contributed by atoms with Crippen LogP contribution in [0.25, 0.3) is 0 Å². The van der Waals surface area contributed by atoms with Gasteiger partial charge in [0.2, 0.25) is 0 Å². The van der Waals surface area contributed by atoms with E-state index in [1.54, 1.807) is 16.8 Å². The molecule has 2 aromatic rings. The molecule has 3 rings (SSSR count). The molecule has 2 heterocycles. The van der Waals surface area contributed by atoms with Gasteiger partial charge in [-0.25, -0.2) is 4.79 Å². The van der Waals surface area contributed by atoms with E-state index < -0.39 is 17.9 Å². The lowest BCUT2D eigenvalue weighted by atomic mass is 10.1. The summed E-state index contributed by atoms with van der Waals surface area (Å²) in [5.74, 6) is -1.11. The number of nitrogens with one attached hydrogen (secondary N) is 1. The molecular weight excluding hydrogens is 442 g/mol. The van der Waals surface area contributed by atoms with Crippen LogP contribution in [0.15, 0.2) is 18.2 Å². The van der Waals surface area contributed by atoms with Crippen molar-refractivity contribution in [1.29, 1.82) is 0 Å². The van der Waals surface area contributed by atoms with Crippen LogP contribution in [-0.4, -0.2) is 63.2 Å². The lowest BCUT2D eigenvalue weighted by Crippen LogP contribution is -2.50. The number of benzene rings is 1. The zero-order valence-electron chi connectivity index (χ0n) is 19.6. The second-order valence-corrected chi connectivity index (χ2v) is 8.60. The number of hydrogen-bond acceptors (Lipinski definition) is 6. The highest BCUT2D eigenvalue weighted by molar-refractivity contribution is 6.11. The Morgan fingerprint density at radius 2 is 1.94 bits per heavy atom. The first kappa shape index (κ1) is 24.7. The number of carbonyl (C=O) groups is 4. The van der Waals surface area contributed by atoms with Gasteiger partial charge in [0.15, 0.2) is 11.5 Å². The Balaban J connectivity index is 1.98. The van der Waals surface area contributed by atoms with Crippen LogP contribution < -0.4 is 15.8 Å². The molecule has 1 aromatic heterocycles. The summed E-state index contributed by atoms with van der Waals surface area (Å²) in [6.07, 6.45) is -0.631. The number of anilines is 1. The Labute approximate surface area is 196 Å². The Morgan fingerprint density at radius 1 is 1.26 bits per heavy atom. The predicted molar refractivity (Wildman–Crippen MR) is 123 cm³/mol. The number of likely N-dealkylation sites (tertiary alicyclic amines) is 1. The van der Waals surface area contributed by atoms with Crippen LogP contribution in [0.5, 0.6) is 5.75 Å². The molecule has 1 aromatic carbocycles. The second-order valence-electron chi connectivity index (χ2n) is 8.60. The molecule has 0 spiro atoms. The van der Waals surface area contributed by atoms with Gasteiger partial charge < -0.3 is 25.8 Å². The van der Waals surface area contributed by atoms with Gasteiger partial charge in [-0.2, -0.15) is 5.10 Å². The van der Waals surface area contributed by atoms with Crippen molar-refractivity contribution in [2.24, 2.45) is 11.7 Å². The maximum absolute atomic E-state index is 13.3. The maximum Gasteiger partial charge on any atom is 0.407 e. The quantitative estimate of drug-likeness (QED) is 0.474. The summed E-state index contributed by atoms with van der Waals surface area (Å²) in [6, 6.07) is 4.33. The summed E-state index contributed by atoms with van der Waals surface area (Å²) >= 11 is 0. The molecule has 0 unspecified atom stereocenters. The number of Topliss-reactive ketones (excluding diaryl/α,β-unsaturated/α-hetero) is 1. The minimum Gasteiger partial charge on any atom is -0.492 e. The van der Waals surface area contributed by atoms with Gasteiger partial charge >= 0.3 is 6.09 Å². The number of aromatic nitrogens is 2. The van der Waals surface area contributed by atoms with Crippen LogP contribution in [0.3, 0.4) is 0 Å². The Kier molecular flexibility index (Phi) is 7.23. The number of hydrogen-bond donors (Lipinski definition) is 3. The molecule has 0 atom stereocenters. The molecule has 0 bridgehead atoms. The van der Waals surface area contributed by atoms with Crippen molar-refractivity contribution in [2.45, 2.75) is 40.2 Å². The van der Waals surface area contributed by atoms with Crippen molar-refractivity contribution < 1.29 is 29.0 Å². The highest BCUT2D eigenvalue weighted by Crippen LogP contribution is 2.31. The molecule has 0 saturated carbocycles. The van der Waals surface area contributed by atoms with Crippen molar-refractivity contribution >= 4 is 29.4 Å². The summed E-state index contributed by atoms with van der Waals surface area (Å²) < 4.78 is 7.34. The normalized spacial score (nSPS) is 13.5. The summed E-state index contributed by atoms with van der Waals surface area (Å²) in [6.45, 7) is 7.95. The van der Waals surface area contributed by atoms with Crippen LogP contribution in [0.2, 0.25) is 0 Å². The average Bonchev–Trinajstić information content (AvgIpc) is 3.08. The first-order chi connectivity index (χ1) is 16.0. The van der Waals surface area contributed by atoms with Crippen molar-refractivity contribution in [3.05, 3.63) is 40.7 Å². The van der Waals surface area contributed by atoms with Gasteiger partial charge in [0.25, 0.3) is 11.8 Å². The number of nitrogens with two attached hydrogens (primary N) is 1. The molecule has 34 heavy (non-hydrogen) atoms. The van der Waals surface area contributed by atoms with Crippen molar-refractivity contribution in [1.82, 2.24) is 14.7 Å². The molecule has 11 nitrogen and oxygen atoms in total. The van der Waals surface area contributed by atoms with E-state index in [4.69, 9.17) is 15.6 Å². The number of ketones is 1. The number of nitrogens with zero attached hydrogens (tertiary/aromatic N) is 3. The third-order valence-corrected chi connectivity index (χ3v) is 5.50. The summed E-state index contributed by atoms with van der Waals surface area (Å²) in [5.41, 5.74) is 6.60. The fourth-order valence-electron chi connectivity index (χ4n) is 3.67. The summed E-state index contributed by atoms with van der Waals surface area (Å²) in [5, 5.41) is 16.1. The fraction of sp³-hybridized carbons (Fsp3) is 0.435. The minimum absolute atomic E-state index is 0.119. The largest absolute Gasteiger partial charge is 0.492 e. The Morgan fingerprint density at radius 3 is 2.47 bits per heavy atom. The lowest BCUT2D eigenvalue weighted by molar-refractivity contribution is 0.0794. The van der Waals surface area contributed by atoms with E-state index in [0.717, 1.165) is 0 Å². The summed E-state index contributed by atoms with van der Waals surface area (Å²) in [4.78, 5) is 49.7. The monoisotopic (exact) mass is 471 g/mol. The van der Waals surface area contributed by atoms with Gasteiger partial charge in [-0.05, 0) is 37.5 Å². The standard InChI is InChI=1S/C23H29N5O6/c1-5-17-19(20(21(24)30)26-28(17)15-9-27(10-15)23(32)33)25-22(31)16-8-14(13(4)29)6-7-18(16)34-11-12(2)3/h6-8,12,15H,5,9-11H2,1-4H3,(H2,24,30)(H,25,31)(H,32,33). The molecule has 4 N–H and O–H groups in total. The molecule has 0 radical (unpaired) electrons. The predicted octanol–water partition coefficient (Wildman–Crippen LogP) is 2.57. The van der Waals surface area contributed by atoms with E-state index in [1.807, 2.05) is 20.8 Å². The van der Waals surface area contributed by atoms with Crippen LogP contribution in [0.1, 0.15) is 70.6 Å². The third kappa shape index (κ3) is 5.03. The van der Waals surface area contributed by atoms with Crippen molar-refractivity contribution in [3.8, 4) is 5.75 Å². The Hall–Kier alpha value is -3.89. The topological polar surface area (TPSA) is 157 Å². The highest BCUT2D eigenvalue weighted by Gasteiger charge is 2.36. The lowest BCUT2D eigenvalue weighted by Gasteiger charge is -2.37. The molecule has 1 fully saturated rings. The zero-order valence-corrected chi connectivity index (χ0v) is 19.6. The smallest absolute Gasteiger partial charge is 0.407 e. The van der Waals surface area contributed by atoms with Gasteiger partial charge in [0.1, 0.15) is 5.75 Å². The van der Waals surface area contributed by atoms with E-state index >= 15 is 0 Å². The first-order valence-corrected chi connectivity index (χ1v) is 11.0. The number of ether oxygens (including phenoxy) is 1. The van der Waals surface area contributed by atoms with Crippen LogP contribution in [0, 0.1) is 5.92 Å². The van der Waals surface area contributed by atoms with Gasteiger partial charge in [0, 0.05) is 18.7 Å². The first-order valence-electron chi connectivity index (χ1n) is 11.0. The SMILES string of the molecule is CCc1c(NC(=O)c2cc(C(C)=O)ccc2OCC(C)C)c(C(N)=O)nn1C1CN(C(=O)O)C1. The van der Waals surface area contributed by atoms with E-state index in [9.17, 15) is 19.2 Å². The number of primary amides is 1. The van der Waals surface area contributed by atoms with Crippen LogP contribution >= 0.6 is 0 Å². The molecule has 1 aliphatic rings. The maximum atomic E-state index is 13.3. The van der Waals surface area contributed by atoms with Crippen LogP contribution in [0.4, 0.5) is 10.5 Å². The van der Waals surface area contributed by atoms with E-state index in [2.05, 4.69) is 10.4 Å². The second kappa shape index (κ2) is 9.94. The van der Waals surface area contributed by atoms with E-state index in [0.29, 0.717) is 30.0 Å². The summed E-state index contributed by atoms with van der Waals surface area (Å²) in [7, 11) is 0. The van der Waals surface area contributed by atoms with Gasteiger partial charge in [0.05, 0.1) is 29.6 Å². The molecule has 0 aliphatic carbocycles. The van der Waals surface area contributed by atoms with Gasteiger partial charge in [-0.1, -0.05) is 20.8 Å². The number of carboxylic acid groups (broad SMARTS) is 1. The minimum atomic E-state index is -1.04. The van der Waals surface area contributed by atoms with Crippen molar-refractivity contribution in [3.63, 3.8) is 0 Å². The van der Waals surface area contributed by atoms with E-state index in [-0.39, 0.29) is 47.8 Å². The van der Waals surface area contributed by atoms with E-state index in [1.165, 1.54) is 17.9 Å². The van der Waals surface area contributed by atoms with Gasteiger partial charge in [-0.15, -0.1) is 0 Å². The van der Waals surface area contributed by atoms with Crippen molar-refractivity contribution in [2.75, 3.05) is 25.0 Å². The Bertz CT molecular complexity index is 1130. The molecule has 182 valence electrons. The average molecular weight is 472 g/mol. The molecular formula is C23H29N5O6. The number of carbonyl (C=O) groups excluding carboxylic acids is 3. The zero-order chi connectivity index (χ0) is 25.2. The number of rotatable bonds is 9. The number of amides is 3. The molecule has 3 amide bonds. The highest BCUT2D eigenvalue weighted by atomic mass is 16.5. The fourth-order valence-corrected chi connectivity index (χ4v) is 3.67.